The van der Waals surface area contributed by atoms with Gasteiger partial charge in [0.05, 0.1) is 16.3 Å². The maximum atomic E-state index is 11.4. The van der Waals surface area contributed by atoms with Crippen molar-refractivity contribution in [3.05, 3.63) is 52.8 Å². The van der Waals surface area contributed by atoms with Gasteiger partial charge >= 0.3 is 0 Å². The SMILES string of the molecule is Cc1nc(Cl)ccc1NC(C)c1ccc(S(C)(=O)=O)cc1. The predicted octanol–water partition coefficient (Wildman–Crippen LogP) is 3.62. The second kappa shape index (κ2) is 6.03. The number of benzene rings is 1. The minimum absolute atomic E-state index is 0.0280. The Morgan fingerprint density at radius 3 is 2.29 bits per heavy atom. The lowest BCUT2D eigenvalue weighted by atomic mass is 10.1. The molecule has 0 fully saturated rings. The zero-order chi connectivity index (χ0) is 15.6. The Balaban J connectivity index is 2.18. The summed E-state index contributed by atoms with van der Waals surface area (Å²) in [6.45, 7) is 3.89. The topological polar surface area (TPSA) is 59.1 Å². The van der Waals surface area contributed by atoms with E-state index in [1.54, 1.807) is 18.2 Å². The first-order valence-electron chi connectivity index (χ1n) is 6.47. The van der Waals surface area contributed by atoms with E-state index in [0.29, 0.717) is 10.0 Å². The summed E-state index contributed by atoms with van der Waals surface area (Å²) < 4.78 is 22.9. The first kappa shape index (κ1) is 15.8. The summed E-state index contributed by atoms with van der Waals surface area (Å²) >= 11 is 5.83. The van der Waals surface area contributed by atoms with Crippen molar-refractivity contribution in [1.29, 1.82) is 0 Å². The number of hydrogen-bond donors (Lipinski definition) is 1. The number of halogens is 1. The number of sulfone groups is 1. The maximum absolute atomic E-state index is 11.4. The summed E-state index contributed by atoms with van der Waals surface area (Å²) in [4.78, 5) is 4.51. The Hall–Kier alpha value is -1.59. The number of hydrogen-bond acceptors (Lipinski definition) is 4. The van der Waals surface area contributed by atoms with Gasteiger partial charge in [-0.2, -0.15) is 0 Å². The van der Waals surface area contributed by atoms with Gasteiger partial charge in [0.25, 0.3) is 0 Å². The van der Waals surface area contributed by atoms with Crippen LogP contribution in [0.2, 0.25) is 5.15 Å². The lowest BCUT2D eigenvalue weighted by Crippen LogP contribution is -2.08. The number of rotatable bonds is 4. The van der Waals surface area contributed by atoms with Gasteiger partial charge in [0, 0.05) is 12.3 Å². The first-order chi connectivity index (χ1) is 9.77. The monoisotopic (exact) mass is 324 g/mol. The summed E-state index contributed by atoms with van der Waals surface area (Å²) in [5.74, 6) is 0. The first-order valence-corrected chi connectivity index (χ1v) is 8.74. The Morgan fingerprint density at radius 2 is 1.76 bits per heavy atom. The normalized spacial score (nSPS) is 13.0. The molecule has 1 unspecified atom stereocenters. The van der Waals surface area contributed by atoms with Gasteiger partial charge in [0.2, 0.25) is 0 Å². The largest absolute Gasteiger partial charge is 0.377 e. The molecule has 1 aromatic carbocycles. The molecule has 21 heavy (non-hydrogen) atoms. The van der Waals surface area contributed by atoms with E-state index in [1.807, 2.05) is 32.0 Å². The fourth-order valence-corrected chi connectivity index (χ4v) is 2.82. The number of nitrogens with zero attached hydrogens (tertiary/aromatic N) is 1. The Labute approximate surface area is 130 Å². The highest BCUT2D eigenvalue weighted by Crippen LogP contribution is 2.23. The van der Waals surface area contributed by atoms with Crippen molar-refractivity contribution in [3.8, 4) is 0 Å². The molecule has 1 atom stereocenters. The van der Waals surface area contributed by atoms with Crippen LogP contribution in [0.15, 0.2) is 41.3 Å². The molecule has 0 aliphatic carbocycles. The number of aryl methyl sites for hydroxylation is 1. The van der Waals surface area contributed by atoms with Gasteiger partial charge in [-0.15, -0.1) is 0 Å². The van der Waals surface area contributed by atoms with Crippen molar-refractivity contribution in [2.24, 2.45) is 0 Å². The van der Waals surface area contributed by atoms with Gasteiger partial charge in [-0.1, -0.05) is 23.7 Å². The smallest absolute Gasteiger partial charge is 0.175 e. The predicted molar refractivity (Wildman–Crippen MR) is 85.6 cm³/mol. The summed E-state index contributed by atoms with van der Waals surface area (Å²) in [7, 11) is -3.16. The standard InChI is InChI=1S/C15H17ClN2O2S/c1-10(17-14-8-9-15(16)18-11(14)2)12-4-6-13(7-5-12)21(3,19)20/h4-10,17H,1-3H3. The van der Waals surface area contributed by atoms with E-state index in [2.05, 4.69) is 10.3 Å². The molecule has 1 aromatic heterocycles. The Morgan fingerprint density at radius 1 is 1.14 bits per heavy atom. The third-order valence-corrected chi connectivity index (χ3v) is 4.57. The minimum atomic E-state index is -3.16. The van der Waals surface area contributed by atoms with Crippen molar-refractivity contribution >= 4 is 27.1 Å². The van der Waals surface area contributed by atoms with Crippen molar-refractivity contribution in [1.82, 2.24) is 4.98 Å². The van der Waals surface area contributed by atoms with Gasteiger partial charge in [0.15, 0.2) is 9.84 Å². The highest BCUT2D eigenvalue weighted by Gasteiger charge is 2.10. The zero-order valence-electron chi connectivity index (χ0n) is 12.1. The number of pyridine rings is 1. The lowest BCUT2D eigenvalue weighted by Gasteiger charge is -2.17. The van der Waals surface area contributed by atoms with Crippen LogP contribution in [0.3, 0.4) is 0 Å². The molecule has 6 heteroatoms. The molecule has 0 aliphatic heterocycles. The molecular formula is C15H17ClN2O2S. The summed E-state index contributed by atoms with van der Waals surface area (Å²) in [5.41, 5.74) is 2.72. The van der Waals surface area contributed by atoms with Crippen LogP contribution < -0.4 is 5.32 Å². The number of nitrogens with one attached hydrogen (secondary N) is 1. The third kappa shape index (κ3) is 3.95. The number of anilines is 1. The summed E-state index contributed by atoms with van der Waals surface area (Å²) in [6, 6.07) is 10.5. The second-order valence-electron chi connectivity index (χ2n) is 4.97. The summed E-state index contributed by atoms with van der Waals surface area (Å²) in [6.07, 6.45) is 1.20. The Kier molecular flexibility index (Phi) is 4.54. The van der Waals surface area contributed by atoms with Crippen molar-refractivity contribution in [2.45, 2.75) is 24.8 Å². The van der Waals surface area contributed by atoms with E-state index < -0.39 is 9.84 Å². The molecule has 0 aliphatic rings. The quantitative estimate of drug-likeness (QED) is 0.873. The maximum Gasteiger partial charge on any atom is 0.175 e. The van der Waals surface area contributed by atoms with Gasteiger partial charge < -0.3 is 5.32 Å². The molecule has 2 rings (SSSR count). The van der Waals surface area contributed by atoms with E-state index >= 15 is 0 Å². The van der Waals surface area contributed by atoms with E-state index in [0.717, 1.165) is 16.9 Å². The van der Waals surface area contributed by atoms with Crippen LogP contribution in [-0.2, 0) is 9.84 Å². The van der Waals surface area contributed by atoms with E-state index in [1.165, 1.54) is 6.26 Å². The molecule has 0 radical (unpaired) electrons. The fraction of sp³-hybridized carbons (Fsp3) is 0.267. The van der Waals surface area contributed by atoms with E-state index in [9.17, 15) is 8.42 Å². The van der Waals surface area contributed by atoms with Crippen LogP contribution in [0.4, 0.5) is 5.69 Å². The van der Waals surface area contributed by atoms with E-state index in [4.69, 9.17) is 11.6 Å². The van der Waals surface area contributed by atoms with Crippen molar-refractivity contribution in [2.75, 3.05) is 11.6 Å². The third-order valence-electron chi connectivity index (χ3n) is 3.23. The molecule has 0 saturated heterocycles. The molecular weight excluding hydrogens is 308 g/mol. The number of aromatic nitrogens is 1. The zero-order valence-corrected chi connectivity index (χ0v) is 13.7. The molecule has 0 spiro atoms. The molecule has 2 aromatic rings. The fourth-order valence-electron chi connectivity index (χ4n) is 2.00. The average molecular weight is 325 g/mol. The molecule has 1 N–H and O–H groups in total. The molecule has 1 heterocycles. The van der Waals surface area contributed by atoms with Crippen LogP contribution in [0.25, 0.3) is 0 Å². The molecule has 0 bridgehead atoms. The summed E-state index contributed by atoms with van der Waals surface area (Å²) in [5, 5.41) is 3.80. The molecule has 0 saturated carbocycles. The minimum Gasteiger partial charge on any atom is -0.377 e. The van der Waals surface area contributed by atoms with Crippen molar-refractivity contribution in [3.63, 3.8) is 0 Å². The van der Waals surface area contributed by atoms with Gasteiger partial charge in [0.1, 0.15) is 5.15 Å². The second-order valence-corrected chi connectivity index (χ2v) is 7.38. The Bertz CT molecular complexity index is 743. The van der Waals surface area contributed by atoms with Crippen LogP contribution in [0, 0.1) is 6.92 Å². The highest BCUT2D eigenvalue weighted by atomic mass is 35.5. The van der Waals surface area contributed by atoms with E-state index in [-0.39, 0.29) is 6.04 Å². The average Bonchev–Trinajstić information content (AvgIpc) is 2.41. The van der Waals surface area contributed by atoms with Crippen LogP contribution in [0.1, 0.15) is 24.2 Å². The van der Waals surface area contributed by atoms with Gasteiger partial charge in [-0.05, 0) is 43.7 Å². The van der Waals surface area contributed by atoms with Crippen LogP contribution in [-0.4, -0.2) is 19.7 Å². The molecule has 112 valence electrons. The van der Waals surface area contributed by atoms with Crippen LogP contribution in [0.5, 0.6) is 0 Å². The molecule has 4 nitrogen and oxygen atoms in total. The van der Waals surface area contributed by atoms with Crippen molar-refractivity contribution < 1.29 is 8.42 Å². The van der Waals surface area contributed by atoms with Crippen LogP contribution >= 0.6 is 11.6 Å². The van der Waals surface area contributed by atoms with Gasteiger partial charge in [-0.3, -0.25) is 0 Å². The lowest BCUT2D eigenvalue weighted by molar-refractivity contribution is 0.602. The van der Waals surface area contributed by atoms with Gasteiger partial charge in [-0.25, -0.2) is 13.4 Å². The highest BCUT2D eigenvalue weighted by molar-refractivity contribution is 7.90. The molecule has 0 amide bonds.